The molecule has 1 aliphatic rings. The fourth-order valence-electron chi connectivity index (χ4n) is 3.31. The van der Waals surface area contributed by atoms with E-state index in [1.165, 1.54) is 27.6 Å². The number of para-hydroxylation sites is 1. The lowest BCUT2D eigenvalue weighted by molar-refractivity contribution is 0.738. The predicted octanol–water partition coefficient (Wildman–Crippen LogP) is 4.43. The van der Waals surface area contributed by atoms with Gasteiger partial charge in [0, 0.05) is 11.9 Å². The van der Waals surface area contributed by atoms with Gasteiger partial charge in [-0.3, -0.25) is 0 Å². The van der Waals surface area contributed by atoms with Gasteiger partial charge in [-0.25, -0.2) is 4.68 Å². The van der Waals surface area contributed by atoms with E-state index in [0.717, 1.165) is 30.2 Å². The van der Waals surface area contributed by atoms with Crippen molar-refractivity contribution in [3.8, 4) is 5.69 Å². The summed E-state index contributed by atoms with van der Waals surface area (Å²) in [4.78, 5) is 0. The minimum Gasteiger partial charge on any atom is -0.313 e. The molecule has 4 heteroatoms. The molecule has 0 spiro atoms. The molecule has 0 saturated carbocycles. The number of thioether (sulfide) groups is 1. The first kappa shape index (κ1) is 15.5. The minimum absolute atomic E-state index is 0.959. The molecule has 4 rings (SSSR count). The van der Waals surface area contributed by atoms with Crippen LogP contribution >= 0.6 is 11.8 Å². The number of hydrogen-bond donors (Lipinski definition) is 1. The van der Waals surface area contributed by atoms with Crippen LogP contribution in [0.2, 0.25) is 0 Å². The second-order valence-electron chi connectivity index (χ2n) is 6.12. The van der Waals surface area contributed by atoms with E-state index >= 15 is 0 Å². The fourth-order valence-corrected chi connectivity index (χ4v) is 3.86. The number of rotatable bonds is 3. The summed E-state index contributed by atoms with van der Waals surface area (Å²) in [5.74, 6) is 0. The number of benzene rings is 2. The van der Waals surface area contributed by atoms with Crippen LogP contribution in [0.1, 0.15) is 17.5 Å². The zero-order chi connectivity index (χ0) is 16.5. The van der Waals surface area contributed by atoms with Gasteiger partial charge in [0.2, 0.25) is 0 Å². The molecule has 2 heterocycles. The fraction of sp³-hybridized carbons (Fsp3) is 0.250. The van der Waals surface area contributed by atoms with Crippen LogP contribution < -0.4 is 5.32 Å². The lowest BCUT2D eigenvalue weighted by atomic mass is 9.99. The number of nitrogens with one attached hydrogen (secondary N) is 1. The second-order valence-corrected chi connectivity index (χ2v) is 6.92. The van der Waals surface area contributed by atoms with Gasteiger partial charge in [-0.1, -0.05) is 30.3 Å². The predicted molar refractivity (Wildman–Crippen MR) is 103 cm³/mol. The highest BCUT2D eigenvalue weighted by Crippen LogP contribution is 2.32. The Morgan fingerprint density at radius 1 is 1.17 bits per heavy atom. The van der Waals surface area contributed by atoms with E-state index in [-0.39, 0.29) is 0 Å². The molecule has 0 aliphatic carbocycles. The molecule has 0 fully saturated rings. The van der Waals surface area contributed by atoms with Crippen LogP contribution in [-0.2, 0) is 0 Å². The Morgan fingerprint density at radius 2 is 2.04 bits per heavy atom. The van der Waals surface area contributed by atoms with Gasteiger partial charge >= 0.3 is 0 Å². The largest absolute Gasteiger partial charge is 0.313 e. The Balaban J connectivity index is 1.93. The SMILES string of the molecule is CSc1nn(-c2ccccc2C)c2cc(C3=CCNCC3)ccc12. The summed E-state index contributed by atoms with van der Waals surface area (Å²) < 4.78 is 2.10. The molecule has 122 valence electrons. The molecule has 0 amide bonds. The third-order valence-electron chi connectivity index (χ3n) is 4.62. The van der Waals surface area contributed by atoms with Crippen molar-refractivity contribution >= 4 is 28.2 Å². The maximum atomic E-state index is 4.87. The maximum absolute atomic E-state index is 4.87. The highest BCUT2D eigenvalue weighted by Gasteiger charge is 2.15. The lowest BCUT2D eigenvalue weighted by Gasteiger charge is -2.14. The summed E-state index contributed by atoms with van der Waals surface area (Å²) in [6.45, 7) is 4.15. The van der Waals surface area contributed by atoms with Gasteiger partial charge in [-0.2, -0.15) is 5.10 Å². The number of hydrogen-bond acceptors (Lipinski definition) is 3. The molecule has 3 aromatic rings. The zero-order valence-corrected chi connectivity index (χ0v) is 14.9. The smallest absolute Gasteiger partial charge is 0.126 e. The Kier molecular flexibility index (Phi) is 4.17. The van der Waals surface area contributed by atoms with E-state index in [9.17, 15) is 0 Å². The molecule has 1 aliphatic heterocycles. The Bertz CT molecular complexity index is 924. The van der Waals surface area contributed by atoms with Crippen molar-refractivity contribution in [2.45, 2.75) is 18.4 Å². The molecule has 1 aromatic heterocycles. The molecular weight excluding hydrogens is 314 g/mol. The molecule has 0 bridgehead atoms. The molecule has 0 unspecified atom stereocenters. The van der Waals surface area contributed by atoms with Gasteiger partial charge in [-0.15, -0.1) is 11.8 Å². The minimum atomic E-state index is 0.959. The van der Waals surface area contributed by atoms with E-state index in [1.807, 2.05) is 0 Å². The first-order chi connectivity index (χ1) is 11.8. The van der Waals surface area contributed by atoms with Gasteiger partial charge in [0.15, 0.2) is 0 Å². The van der Waals surface area contributed by atoms with Crippen molar-refractivity contribution in [2.24, 2.45) is 0 Å². The summed E-state index contributed by atoms with van der Waals surface area (Å²) in [5.41, 5.74) is 6.32. The summed E-state index contributed by atoms with van der Waals surface area (Å²) in [5, 5.41) is 10.6. The van der Waals surface area contributed by atoms with E-state index in [4.69, 9.17) is 5.10 Å². The average Bonchev–Trinajstić information content (AvgIpc) is 3.01. The molecular formula is C20H21N3S. The highest BCUT2D eigenvalue weighted by molar-refractivity contribution is 7.98. The Morgan fingerprint density at radius 3 is 2.79 bits per heavy atom. The maximum Gasteiger partial charge on any atom is 0.126 e. The van der Waals surface area contributed by atoms with Gasteiger partial charge in [0.1, 0.15) is 5.03 Å². The molecule has 0 saturated heterocycles. The topological polar surface area (TPSA) is 29.9 Å². The Hall–Kier alpha value is -2.04. The van der Waals surface area contributed by atoms with Crippen LogP contribution in [0.15, 0.2) is 53.6 Å². The molecule has 1 N–H and O–H groups in total. The van der Waals surface area contributed by atoms with Crippen LogP contribution in [0.5, 0.6) is 0 Å². The molecule has 0 radical (unpaired) electrons. The summed E-state index contributed by atoms with van der Waals surface area (Å²) >= 11 is 1.70. The number of nitrogens with zero attached hydrogens (tertiary/aromatic N) is 2. The van der Waals surface area contributed by atoms with Crippen LogP contribution in [0.4, 0.5) is 0 Å². The second kappa shape index (κ2) is 6.46. The van der Waals surface area contributed by atoms with Crippen LogP contribution in [0.25, 0.3) is 22.2 Å². The monoisotopic (exact) mass is 335 g/mol. The van der Waals surface area contributed by atoms with Crippen LogP contribution in [0, 0.1) is 6.92 Å². The summed E-state index contributed by atoms with van der Waals surface area (Å²) in [6, 6.07) is 15.2. The number of aryl methyl sites for hydroxylation is 1. The van der Waals surface area contributed by atoms with E-state index in [1.54, 1.807) is 11.8 Å². The molecule has 24 heavy (non-hydrogen) atoms. The molecule has 3 nitrogen and oxygen atoms in total. The van der Waals surface area contributed by atoms with Gasteiger partial charge < -0.3 is 5.32 Å². The third kappa shape index (κ3) is 2.66. The van der Waals surface area contributed by atoms with E-state index < -0.39 is 0 Å². The van der Waals surface area contributed by atoms with Crippen LogP contribution in [-0.4, -0.2) is 29.1 Å². The third-order valence-corrected chi connectivity index (χ3v) is 5.31. The van der Waals surface area contributed by atoms with Crippen molar-refractivity contribution in [3.63, 3.8) is 0 Å². The summed E-state index contributed by atoms with van der Waals surface area (Å²) in [6.07, 6.45) is 5.47. The van der Waals surface area contributed by atoms with E-state index in [0.29, 0.717) is 0 Å². The Labute approximate surface area is 146 Å². The van der Waals surface area contributed by atoms with Crippen molar-refractivity contribution in [2.75, 3.05) is 19.3 Å². The normalized spacial score (nSPS) is 14.8. The average molecular weight is 335 g/mol. The first-order valence-electron chi connectivity index (χ1n) is 8.31. The van der Waals surface area contributed by atoms with Crippen LogP contribution in [0.3, 0.4) is 0 Å². The molecule has 0 atom stereocenters. The number of aromatic nitrogens is 2. The van der Waals surface area contributed by atoms with Crippen molar-refractivity contribution in [1.82, 2.24) is 15.1 Å². The highest BCUT2D eigenvalue weighted by atomic mass is 32.2. The van der Waals surface area contributed by atoms with Gasteiger partial charge in [-0.05, 0) is 61.0 Å². The summed E-state index contributed by atoms with van der Waals surface area (Å²) in [7, 11) is 0. The lowest BCUT2D eigenvalue weighted by Crippen LogP contribution is -2.20. The van der Waals surface area contributed by atoms with E-state index in [2.05, 4.69) is 71.7 Å². The van der Waals surface area contributed by atoms with Gasteiger partial charge in [0.25, 0.3) is 0 Å². The molecule has 2 aromatic carbocycles. The van der Waals surface area contributed by atoms with Crippen molar-refractivity contribution in [3.05, 3.63) is 59.7 Å². The quantitative estimate of drug-likeness (QED) is 0.718. The van der Waals surface area contributed by atoms with Crippen molar-refractivity contribution < 1.29 is 0 Å². The van der Waals surface area contributed by atoms with Gasteiger partial charge in [0.05, 0.1) is 11.2 Å². The first-order valence-corrected chi connectivity index (χ1v) is 9.53. The zero-order valence-electron chi connectivity index (χ0n) is 14.0. The van der Waals surface area contributed by atoms with Crippen molar-refractivity contribution in [1.29, 1.82) is 0 Å². The number of fused-ring (bicyclic) bond motifs is 1. The standard InChI is InChI=1S/C20H21N3S/c1-14-5-3-4-6-18(14)23-19-13-16(15-9-11-21-12-10-15)7-8-17(19)20(22-23)24-2/h3-9,13,21H,10-12H2,1-2H3.